The first kappa shape index (κ1) is 23.2. The molecule has 1 fully saturated rings. The maximum Gasteiger partial charge on any atom is 0.522 e. The summed E-state index contributed by atoms with van der Waals surface area (Å²) >= 11 is 5.66. The van der Waals surface area contributed by atoms with E-state index in [0.717, 1.165) is 0 Å². The first-order valence-electron chi connectivity index (χ1n) is 9.29. The van der Waals surface area contributed by atoms with Crippen molar-refractivity contribution in [3.8, 4) is 5.69 Å². The van der Waals surface area contributed by atoms with E-state index in [2.05, 4.69) is 26.8 Å². The van der Waals surface area contributed by atoms with Crippen molar-refractivity contribution in [3.05, 3.63) is 53.2 Å². The Morgan fingerprint density at radius 1 is 1.32 bits per heavy atom. The molecule has 1 aliphatic rings. The van der Waals surface area contributed by atoms with Gasteiger partial charge < -0.3 is 10.1 Å². The third kappa shape index (κ3) is 7.01. The molecule has 12 heteroatoms. The summed E-state index contributed by atoms with van der Waals surface area (Å²) in [5.74, 6) is -1.04. The summed E-state index contributed by atoms with van der Waals surface area (Å²) in [6.45, 7) is 3.47. The number of nitrogens with one attached hydrogen (secondary N) is 1. The van der Waals surface area contributed by atoms with E-state index in [0.29, 0.717) is 29.9 Å². The molecule has 1 N–H and O–H groups in total. The molecule has 1 saturated carbocycles. The van der Waals surface area contributed by atoms with Crippen molar-refractivity contribution in [2.45, 2.75) is 44.3 Å². The first-order valence-corrected chi connectivity index (χ1v) is 9.67. The fourth-order valence-electron chi connectivity index (χ4n) is 2.85. The van der Waals surface area contributed by atoms with Crippen LogP contribution < -0.4 is 5.32 Å². The molecule has 0 aliphatic heterocycles. The highest BCUT2D eigenvalue weighted by Gasteiger charge is 2.40. The van der Waals surface area contributed by atoms with Crippen LogP contribution in [0.5, 0.6) is 0 Å². The third-order valence-electron chi connectivity index (χ3n) is 4.47. The molecule has 0 bridgehead atoms. The Kier molecular flexibility index (Phi) is 7.29. The highest BCUT2D eigenvalue weighted by atomic mass is 35.5. The first-order chi connectivity index (χ1) is 14.6. The Bertz CT molecular complexity index is 944. The summed E-state index contributed by atoms with van der Waals surface area (Å²) < 4.78 is 58.8. The second kappa shape index (κ2) is 9.75. The Morgan fingerprint density at radius 2 is 2.06 bits per heavy atom. The molecule has 0 saturated heterocycles. The van der Waals surface area contributed by atoms with E-state index in [9.17, 15) is 22.4 Å². The Hall–Kier alpha value is -2.50. The minimum absolute atomic E-state index is 0.00100. The van der Waals surface area contributed by atoms with Gasteiger partial charge in [0.15, 0.2) is 0 Å². The molecular formula is C19H19ClF4N4O3. The van der Waals surface area contributed by atoms with Gasteiger partial charge in [-0.25, -0.2) is 4.39 Å². The third-order valence-corrected chi connectivity index (χ3v) is 4.78. The van der Waals surface area contributed by atoms with Gasteiger partial charge in [-0.15, -0.1) is 13.2 Å². The topological polar surface area (TPSA) is 78.3 Å². The lowest BCUT2D eigenvalue weighted by atomic mass is 9.92. The van der Waals surface area contributed by atoms with Crippen LogP contribution in [-0.4, -0.2) is 46.1 Å². The van der Waals surface area contributed by atoms with Crippen LogP contribution in [-0.2, 0) is 20.7 Å². The highest BCUT2D eigenvalue weighted by molar-refractivity contribution is 6.30. The number of alkyl halides is 3. The Morgan fingerprint density at radius 3 is 2.74 bits per heavy atom. The van der Waals surface area contributed by atoms with Crippen LogP contribution in [0.25, 0.3) is 5.69 Å². The fourth-order valence-corrected chi connectivity index (χ4v) is 2.97. The van der Waals surface area contributed by atoms with Crippen molar-refractivity contribution in [3.63, 3.8) is 0 Å². The van der Waals surface area contributed by atoms with Crippen LogP contribution in [0.15, 0.2) is 36.7 Å². The van der Waals surface area contributed by atoms with Crippen LogP contribution in [0.4, 0.5) is 17.6 Å². The molecule has 1 aromatic heterocycles. The number of halogens is 5. The molecule has 168 valence electrons. The summed E-state index contributed by atoms with van der Waals surface area (Å²) in [7, 11) is 0. The summed E-state index contributed by atoms with van der Waals surface area (Å²) in [4.78, 5) is 13.1. The summed E-state index contributed by atoms with van der Waals surface area (Å²) in [6, 6.07) is 4.19. The number of carbonyl (C=O) groups excluding carboxylic acids is 1. The van der Waals surface area contributed by atoms with E-state index in [1.165, 1.54) is 23.1 Å². The van der Waals surface area contributed by atoms with Crippen LogP contribution in [0, 0.1) is 5.82 Å². The van der Waals surface area contributed by atoms with Gasteiger partial charge >= 0.3 is 6.36 Å². The van der Waals surface area contributed by atoms with Gasteiger partial charge in [-0.05, 0) is 25.0 Å². The van der Waals surface area contributed by atoms with Crippen molar-refractivity contribution in [2.75, 3.05) is 6.61 Å². The summed E-state index contributed by atoms with van der Waals surface area (Å²) in [5.41, 5.74) is 1.44. The van der Waals surface area contributed by atoms with Crippen LogP contribution in [0.2, 0.25) is 5.02 Å². The molecule has 2 aromatic rings. The number of hydrogen-bond acceptors (Lipinski definition) is 5. The van der Waals surface area contributed by atoms with E-state index >= 15 is 0 Å². The number of aryl methyl sites for hydroxylation is 1. The normalized spacial score (nSPS) is 18.5. The SMILES string of the molecule is C=C(CCc1cnn(-c2ccc(Cl)c(F)c2)n1)NC(=O)COC1CC(OC(F)(F)F)C1. The van der Waals surface area contributed by atoms with Gasteiger partial charge in [-0.1, -0.05) is 18.2 Å². The van der Waals surface area contributed by atoms with Crippen LogP contribution >= 0.6 is 11.6 Å². The highest BCUT2D eigenvalue weighted by Crippen LogP contribution is 2.32. The van der Waals surface area contributed by atoms with Gasteiger partial charge in [0.2, 0.25) is 5.91 Å². The summed E-state index contributed by atoms with van der Waals surface area (Å²) in [5, 5.41) is 10.9. The van der Waals surface area contributed by atoms with Gasteiger partial charge in [0.25, 0.3) is 0 Å². The lowest BCUT2D eigenvalue weighted by Gasteiger charge is -2.34. The van der Waals surface area contributed by atoms with E-state index in [1.807, 2.05) is 0 Å². The predicted octanol–water partition coefficient (Wildman–Crippen LogP) is 3.71. The number of aromatic nitrogens is 3. The number of carbonyl (C=O) groups is 1. The van der Waals surface area contributed by atoms with E-state index in [-0.39, 0.29) is 24.5 Å². The van der Waals surface area contributed by atoms with Gasteiger partial charge in [0.1, 0.15) is 12.4 Å². The van der Waals surface area contributed by atoms with Crippen molar-refractivity contribution in [2.24, 2.45) is 0 Å². The van der Waals surface area contributed by atoms with E-state index in [4.69, 9.17) is 16.3 Å². The molecule has 0 atom stereocenters. The number of hydrogen-bond donors (Lipinski definition) is 1. The van der Waals surface area contributed by atoms with Crippen LogP contribution in [0.1, 0.15) is 25.0 Å². The van der Waals surface area contributed by atoms with Crippen molar-refractivity contribution < 1.29 is 31.8 Å². The number of rotatable bonds is 9. The van der Waals surface area contributed by atoms with Crippen molar-refractivity contribution in [1.82, 2.24) is 20.3 Å². The second-order valence-corrected chi connectivity index (χ2v) is 7.37. The molecule has 0 unspecified atom stereocenters. The zero-order valence-electron chi connectivity index (χ0n) is 16.2. The minimum Gasteiger partial charge on any atom is -0.368 e. The molecular weight excluding hydrogens is 444 g/mol. The predicted molar refractivity (Wildman–Crippen MR) is 102 cm³/mol. The Labute approximate surface area is 180 Å². The van der Waals surface area contributed by atoms with Gasteiger partial charge in [0.05, 0.1) is 34.8 Å². The second-order valence-electron chi connectivity index (χ2n) is 6.97. The molecule has 0 spiro atoms. The maximum atomic E-state index is 13.6. The fraction of sp³-hybridized carbons (Fsp3) is 0.421. The van der Waals surface area contributed by atoms with Gasteiger partial charge in [0, 0.05) is 24.6 Å². The van der Waals surface area contributed by atoms with E-state index in [1.54, 1.807) is 6.07 Å². The molecule has 7 nitrogen and oxygen atoms in total. The molecule has 1 aromatic carbocycles. The zero-order valence-corrected chi connectivity index (χ0v) is 16.9. The monoisotopic (exact) mass is 462 g/mol. The molecule has 0 radical (unpaired) electrons. The summed E-state index contributed by atoms with van der Waals surface area (Å²) in [6.07, 6.45) is -3.55. The number of amides is 1. The van der Waals surface area contributed by atoms with Gasteiger partial charge in [-0.2, -0.15) is 15.0 Å². The largest absolute Gasteiger partial charge is 0.522 e. The van der Waals surface area contributed by atoms with E-state index < -0.39 is 30.3 Å². The number of ether oxygens (including phenoxy) is 2. The van der Waals surface area contributed by atoms with Crippen molar-refractivity contribution in [1.29, 1.82) is 0 Å². The van der Waals surface area contributed by atoms with Crippen molar-refractivity contribution >= 4 is 17.5 Å². The smallest absolute Gasteiger partial charge is 0.368 e. The van der Waals surface area contributed by atoms with Crippen LogP contribution in [0.3, 0.4) is 0 Å². The quantitative estimate of drug-likeness (QED) is 0.575. The number of nitrogens with zero attached hydrogens (tertiary/aromatic N) is 3. The maximum absolute atomic E-state index is 13.6. The minimum atomic E-state index is -4.67. The molecule has 31 heavy (non-hydrogen) atoms. The number of allylic oxidation sites excluding steroid dienone is 1. The van der Waals surface area contributed by atoms with Gasteiger partial charge in [-0.3, -0.25) is 9.53 Å². The zero-order chi connectivity index (χ0) is 22.6. The lowest BCUT2D eigenvalue weighted by Crippen LogP contribution is -2.42. The standard InChI is InChI=1S/C19H19ClF4N4O3/c1-11(26-18(29)10-30-14-7-15(8-14)31-19(22,23)24)2-3-12-9-25-28(27-12)13-4-5-16(20)17(21)6-13/h4-6,9,14-15H,1-3,7-8,10H2,(H,26,29). The Balaban J connectivity index is 1.35. The molecule has 1 heterocycles. The lowest BCUT2D eigenvalue weighted by molar-refractivity contribution is -0.357. The average molecular weight is 463 g/mol. The molecule has 3 rings (SSSR count). The number of benzene rings is 1. The molecule has 1 aliphatic carbocycles. The average Bonchev–Trinajstić information content (AvgIpc) is 3.12. The molecule has 1 amide bonds.